The van der Waals surface area contributed by atoms with Crippen molar-refractivity contribution in [3.63, 3.8) is 0 Å². The second kappa shape index (κ2) is 19.7. The second-order valence-electron chi connectivity index (χ2n) is 12.0. The number of nitrogens with zero attached hydrogens (tertiary/aromatic N) is 1. The normalized spacial score (nSPS) is 10.5. The Kier molecular flexibility index (Phi) is 15.4. The third kappa shape index (κ3) is 10.1. The third-order valence-electron chi connectivity index (χ3n) is 8.79. The van der Waals surface area contributed by atoms with Gasteiger partial charge in [-0.05, 0) is 80.5 Å². The van der Waals surface area contributed by atoms with Crippen LogP contribution in [0.25, 0.3) is 0 Å². The highest BCUT2D eigenvalue weighted by atomic mass is 16.6. The van der Waals surface area contributed by atoms with Gasteiger partial charge in [0.25, 0.3) is 0 Å². The monoisotopic (exact) mass is 695 g/mol. The molecule has 9 heteroatoms. The summed E-state index contributed by atoms with van der Waals surface area (Å²) >= 11 is 0. The van der Waals surface area contributed by atoms with Gasteiger partial charge in [0.2, 0.25) is 0 Å². The number of aryl methyl sites for hydroxylation is 1. The molecule has 3 N–H and O–H groups in total. The van der Waals surface area contributed by atoms with Crippen molar-refractivity contribution in [2.45, 2.75) is 79.6 Å². The van der Waals surface area contributed by atoms with Gasteiger partial charge < -0.3 is 25.0 Å². The minimum absolute atomic E-state index is 0.0123. The van der Waals surface area contributed by atoms with Gasteiger partial charge in [-0.15, -0.1) is 0 Å². The van der Waals surface area contributed by atoms with Crippen LogP contribution in [0.1, 0.15) is 124 Å². The summed E-state index contributed by atoms with van der Waals surface area (Å²) in [6, 6.07) is 21.8. The Hall–Kier alpha value is -5.44. The summed E-state index contributed by atoms with van der Waals surface area (Å²) in [6.07, 6.45) is 5.64. The van der Waals surface area contributed by atoms with Crippen molar-refractivity contribution < 1.29 is 39.2 Å². The maximum Gasteiger partial charge on any atom is 0.349 e. The number of carbonyl (C=O) groups excluding carboxylic acids is 3. The van der Waals surface area contributed by atoms with E-state index in [0.29, 0.717) is 48.3 Å². The summed E-state index contributed by atoms with van der Waals surface area (Å²) < 4.78 is 4.84. The summed E-state index contributed by atoms with van der Waals surface area (Å²) in [5.41, 5.74) is 3.46. The van der Waals surface area contributed by atoms with E-state index in [1.54, 1.807) is 60.7 Å². The van der Waals surface area contributed by atoms with Crippen molar-refractivity contribution in [1.82, 2.24) is 0 Å². The van der Waals surface area contributed by atoms with E-state index in [1.807, 2.05) is 38.7 Å². The Bertz CT molecular complexity index is 1800. The fourth-order valence-electron chi connectivity index (χ4n) is 6.00. The van der Waals surface area contributed by atoms with Gasteiger partial charge in [-0.2, -0.15) is 0 Å². The molecule has 51 heavy (non-hydrogen) atoms. The molecule has 0 spiro atoms. The molecule has 0 fully saturated rings. The van der Waals surface area contributed by atoms with Crippen molar-refractivity contribution in [2.24, 2.45) is 0 Å². The van der Waals surface area contributed by atoms with Gasteiger partial charge >= 0.3 is 17.9 Å². The number of carboxylic acid groups (broad SMARTS) is 1. The minimum Gasteiger partial charge on any atom is -0.507 e. The number of rotatable bonds is 15. The number of aromatic carboxylic acids is 1. The van der Waals surface area contributed by atoms with Crippen molar-refractivity contribution in [2.75, 3.05) is 18.0 Å². The zero-order valence-corrected chi connectivity index (χ0v) is 30.2. The molecule has 0 unspecified atom stereocenters. The van der Waals surface area contributed by atoms with Crippen LogP contribution in [0.3, 0.4) is 0 Å². The Morgan fingerprint density at radius 2 is 1.25 bits per heavy atom. The van der Waals surface area contributed by atoms with Gasteiger partial charge in [0.1, 0.15) is 17.1 Å². The predicted octanol–water partition coefficient (Wildman–Crippen LogP) is 8.80. The number of aromatic hydroxyl groups is 2. The first-order valence-corrected chi connectivity index (χ1v) is 17.7. The van der Waals surface area contributed by atoms with Crippen molar-refractivity contribution in [1.29, 1.82) is 0 Å². The van der Waals surface area contributed by atoms with Crippen LogP contribution >= 0.6 is 0 Å². The number of unbranched alkanes of at least 4 members (excludes halogenated alkanes) is 3. The van der Waals surface area contributed by atoms with Gasteiger partial charge in [-0.3, -0.25) is 4.79 Å². The minimum atomic E-state index is -1.08. The number of benzene rings is 4. The highest BCUT2D eigenvalue weighted by molar-refractivity contribution is 6.14. The first-order valence-electron chi connectivity index (χ1n) is 17.7. The lowest BCUT2D eigenvalue weighted by Crippen LogP contribution is -2.24. The fourth-order valence-corrected chi connectivity index (χ4v) is 6.00. The molecule has 270 valence electrons. The summed E-state index contributed by atoms with van der Waals surface area (Å²) in [6.45, 7) is 11.0. The molecule has 0 aliphatic rings. The molecule has 0 aliphatic heterocycles. The Morgan fingerprint density at radius 1 is 0.647 bits per heavy atom. The second-order valence-corrected chi connectivity index (χ2v) is 12.0. The van der Waals surface area contributed by atoms with E-state index in [4.69, 9.17) is 4.74 Å². The fraction of sp³-hybridized carbons (Fsp3) is 0.333. The lowest BCUT2D eigenvalue weighted by molar-refractivity contribution is 0.0395. The van der Waals surface area contributed by atoms with Crippen LogP contribution in [0.2, 0.25) is 0 Å². The Balaban J connectivity index is 0.000000286. The van der Waals surface area contributed by atoms with Crippen LogP contribution in [-0.4, -0.2) is 52.1 Å². The Labute approximate surface area is 300 Å². The molecule has 4 rings (SSSR count). The quantitative estimate of drug-likeness (QED) is 0.0481. The number of hydrogen-bond donors (Lipinski definition) is 3. The van der Waals surface area contributed by atoms with E-state index in [-0.39, 0.29) is 39.5 Å². The van der Waals surface area contributed by atoms with Gasteiger partial charge in [0.15, 0.2) is 5.78 Å². The van der Waals surface area contributed by atoms with Gasteiger partial charge in [-0.1, -0.05) is 94.6 Å². The molecule has 0 aliphatic carbocycles. The highest BCUT2D eigenvalue weighted by Gasteiger charge is 2.28. The van der Waals surface area contributed by atoms with Gasteiger partial charge in [0.05, 0.1) is 22.4 Å². The molecule has 0 aromatic heterocycles. The predicted molar refractivity (Wildman–Crippen MR) is 199 cm³/mol. The molecule has 4 aromatic carbocycles. The maximum absolute atomic E-state index is 13.3. The molecular weight excluding hydrogens is 646 g/mol. The zero-order chi connectivity index (χ0) is 37.5. The lowest BCUT2D eigenvalue weighted by atomic mass is 9.89. The van der Waals surface area contributed by atoms with Crippen molar-refractivity contribution >= 4 is 29.4 Å². The number of phenols is 2. The zero-order valence-electron chi connectivity index (χ0n) is 30.2. The van der Waals surface area contributed by atoms with Crippen LogP contribution in [-0.2, 0) is 24.0 Å². The van der Waals surface area contributed by atoms with E-state index in [1.165, 1.54) is 12.1 Å². The molecule has 0 bridgehead atoms. The molecule has 4 aromatic rings. The van der Waals surface area contributed by atoms with Crippen LogP contribution in [0.5, 0.6) is 11.5 Å². The number of anilines is 1. The third-order valence-corrected chi connectivity index (χ3v) is 8.79. The highest BCUT2D eigenvalue weighted by Crippen LogP contribution is 2.38. The average molecular weight is 696 g/mol. The SMILES string of the molecule is CCCCCCc1c(C(=O)O)cc(N(CC)CC)c(O)c1C(=O)c1ccccc1.CCc1ccc(C(=O)OC(=O)c2ccccc2)c(O)c1CC. The lowest BCUT2D eigenvalue weighted by Gasteiger charge is -2.25. The first kappa shape index (κ1) is 40.0. The molecule has 0 heterocycles. The molecule has 0 atom stereocenters. The summed E-state index contributed by atoms with van der Waals surface area (Å²) in [5, 5.41) is 31.2. The van der Waals surface area contributed by atoms with Crippen molar-refractivity contribution in [3.05, 3.63) is 123 Å². The van der Waals surface area contributed by atoms with E-state index >= 15 is 0 Å². The van der Waals surface area contributed by atoms with E-state index in [2.05, 4.69) is 6.92 Å². The molecule has 0 saturated heterocycles. The van der Waals surface area contributed by atoms with Crippen molar-refractivity contribution in [3.8, 4) is 11.5 Å². The van der Waals surface area contributed by atoms with E-state index < -0.39 is 17.9 Å². The maximum atomic E-state index is 13.3. The molecule has 0 saturated carbocycles. The number of carboxylic acids is 1. The number of ether oxygens (including phenoxy) is 1. The number of ketones is 1. The molecule has 0 radical (unpaired) electrons. The van der Waals surface area contributed by atoms with Gasteiger partial charge in [-0.25, -0.2) is 14.4 Å². The number of esters is 2. The molecular formula is C42H49NO8. The van der Waals surface area contributed by atoms with E-state index in [9.17, 15) is 34.5 Å². The van der Waals surface area contributed by atoms with Crippen LogP contribution < -0.4 is 4.90 Å². The smallest absolute Gasteiger partial charge is 0.349 e. The number of carbonyl (C=O) groups is 4. The van der Waals surface area contributed by atoms with Crippen LogP contribution in [0.15, 0.2) is 78.9 Å². The summed E-state index contributed by atoms with van der Waals surface area (Å²) in [7, 11) is 0. The summed E-state index contributed by atoms with van der Waals surface area (Å²) in [4.78, 5) is 51.3. The topological polar surface area (TPSA) is 141 Å². The number of hydrogen-bond acceptors (Lipinski definition) is 8. The van der Waals surface area contributed by atoms with E-state index in [0.717, 1.165) is 37.7 Å². The summed E-state index contributed by atoms with van der Waals surface area (Å²) in [5.74, 6) is -3.23. The molecule has 0 amide bonds. The number of phenolic OH excluding ortho intramolecular Hbond substituents is 2. The first-order chi connectivity index (χ1) is 24.5. The largest absolute Gasteiger partial charge is 0.507 e. The van der Waals surface area contributed by atoms with Crippen LogP contribution in [0, 0.1) is 0 Å². The standard InChI is InChI=1S/C24H31NO4.C18H18O4/c1-4-7-8-12-15-18-19(24(28)29)16-20(25(5-2)6-3)23(27)21(18)22(26)17-13-10-9-11-14-17;1-3-12-10-11-15(16(19)14(12)4-2)18(21)22-17(20)13-8-6-5-7-9-13/h9-11,13-14,16,27H,4-8,12,15H2,1-3H3,(H,28,29);5-11,19H,3-4H2,1-2H3. The average Bonchev–Trinajstić information content (AvgIpc) is 3.14. The van der Waals surface area contributed by atoms with Crippen LogP contribution in [0.4, 0.5) is 5.69 Å². The van der Waals surface area contributed by atoms with Gasteiger partial charge in [0, 0.05) is 18.7 Å². The molecule has 9 nitrogen and oxygen atoms in total. The Morgan fingerprint density at radius 3 is 1.78 bits per heavy atom.